The number of ether oxygens (including phenoxy) is 5. The summed E-state index contributed by atoms with van der Waals surface area (Å²) in [4.78, 5) is 181. The second kappa shape index (κ2) is 37.7. The van der Waals surface area contributed by atoms with Gasteiger partial charge in [0.05, 0.1) is 31.5 Å². The van der Waals surface area contributed by atoms with E-state index in [2.05, 4.69) is 90.3 Å². The number of aliphatic carboxylic acids is 1. The summed E-state index contributed by atoms with van der Waals surface area (Å²) in [5.41, 5.74) is -5.97. The Hall–Kier alpha value is -9.78. The Labute approximate surface area is 645 Å². The van der Waals surface area contributed by atoms with Crippen LogP contribution in [0.15, 0.2) is 55.6 Å². The Morgan fingerprint density at radius 3 is 0.821 bits per heavy atom. The van der Waals surface area contributed by atoms with Gasteiger partial charge in [0, 0.05) is 33.5 Å². The molecule has 0 unspecified atom stereocenters. The van der Waals surface area contributed by atoms with Crippen LogP contribution < -0.4 is 55.0 Å². The van der Waals surface area contributed by atoms with E-state index in [-0.39, 0.29) is 121 Å². The number of aliphatic hydroxyl groups is 3. The molecule has 9 N–H and O–H groups in total. The maximum Gasteiger partial charge on any atom is 0.354 e. The molecule has 0 aliphatic carbocycles. The van der Waals surface area contributed by atoms with Gasteiger partial charge in [-0.1, -0.05) is 138 Å². The van der Waals surface area contributed by atoms with Crippen LogP contribution in [-0.2, 0) is 57.2 Å². The number of hydrogen-bond donors (Lipinski definition) is 9. The molecule has 5 aromatic heterocycles. The number of ketones is 1. The summed E-state index contributed by atoms with van der Waals surface area (Å²) in [6.07, 6.45) is 3.61. The molecule has 5 amide bonds. The van der Waals surface area contributed by atoms with E-state index in [9.17, 15) is 67.7 Å². The highest BCUT2D eigenvalue weighted by molar-refractivity contribution is 5.95. The monoisotopic (exact) mass is 1580 g/mol. The Bertz CT molecular complexity index is 4100. The Morgan fingerprint density at radius 2 is 0.616 bits per heavy atom. The second-order valence-corrected chi connectivity index (χ2v) is 33.2. The summed E-state index contributed by atoms with van der Waals surface area (Å²) >= 11 is 0. The number of amides is 5. The molecule has 0 radical (unpaired) electrons. The molecule has 618 valence electrons. The fraction of sp³-hybridized carbons (Fsp3) is 0.690. The van der Waals surface area contributed by atoms with Gasteiger partial charge in [-0.2, -0.15) is 24.9 Å². The molecule has 0 bridgehead atoms. The van der Waals surface area contributed by atoms with E-state index in [1.807, 2.05) is 13.8 Å². The standard InChI is InChI=1S/C15H22N4O4.C15H24N4O3.C14H20N4O5.C14H22N4O4.C13H20N4O5/c1-8-6-10(23-11(8)9(2)20)19-7-16-13(18-14(19)22)17-12(21)15(3,4)5;1-6-10-9(2)7-11(22-10)19-8-16-13(18-14(19)21)17-12(20)15(3,4)5;1-7-5-8(23-9(7)10(19)20)18-6-15-12(17-13(18)22)16-11(21)14(2,3)4;1-8-5-10(22-9(8)6-19)18-7-15-12(17-13(18)21)16-11(20)14(2,3)4;1-13(2,3)10(20)15-11-14-6-17(12(21)16-11)9-4-7(19)8(5-18)22-9/h7-8,10-11H,6H2,1-5H3,(H,17,18,21,22);8-11H,6-7H2,1-5H3,(H,17,18,20,21);6-9H,5H2,1-4H3,(H,19,20)(H,16,17,21,22);7-10,19H,5-6H2,1-4H3,(H,16,17,20,21);6-9,18-19H,4-5H2,1-3H3,(H,15,16,20,21)/t8-,10+,11-;9-,10+,11+;7-,8+,9-;8-,9+,10+;7-,8+,9+/m00000/s1. The smallest absolute Gasteiger partial charge is 0.354 e. The van der Waals surface area contributed by atoms with Gasteiger partial charge in [0.2, 0.25) is 59.3 Å². The molecule has 10 heterocycles. The first-order valence-electron chi connectivity index (χ1n) is 36.6. The Morgan fingerprint density at radius 1 is 0.384 bits per heavy atom. The van der Waals surface area contributed by atoms with Crippen LogP contribution in [0, 0.1) is 50.7 Å². The van der Waals surface area contributed by atoms with Crippen LogP contribution in [0.5, 0.6) is 0 Å². The number of nitrogens with one attached hydrogen (secondary N) is 5. The number of Topliss-reactive ketones (excluding diaryl/α,β-unsaturated/α-hetero) is 1. The quantitative estimate of drug-likeness (QED) is 0.0724. The average molecular weight is 1580 g/mol. The molecule has 10 rings (SSSR count). The highest BCUT2D eigenvalue weighted by atomic mass is 16.6. The summed E-state index contributed by atoms with van der Waals surface area (Å²) in [5, 5.41) is 49.5. The van der Waals surface area contributed by atoms with Crippen molar-refractivity contribution in [1.82, 2.24) is 72.7 Å². The fourth-order valence-electron chi connectivity index (χ4n) is 11.1. The molecule has 5 fully saturated rings. The number of nitrogens with zero attached hydrogens (tertiary/aromatic N) is 15. The predicted octanol–water partition coefficient (Wildman–Crippen LogP) is 3.53. The summed E-state index contributed by atoms with van der Waals surface area (Å²) in [6.45, 7) is 37.0. The molecule has 15 atom stereocenters. The van der Waals surface area contributed by atoms with E-state index in [4.69, 9.17) is 33.9 Å². The van der Waals surface area contributed by atoms with Gasteiger partial charge in [0.15, 0.2) is 11.9 Å². The molecule has 5 aromatic rings. The SMILES string of the molecule is CC(=O)[C@H]1O[C@@H](n2cnc(NC(=O)C(C)(C)C)nc2=O)C[C@@H]1C.CC(C)(C)C(=O)Nc1ncn([C@H]2C[C@H](O)[C@@H](CO)O2)c(=O)n1.CC[C@H]1O[C@@H](n2cnc(NC(=O)C(C)(C)C)nc2=O)C[C@@H]1C.C[C@H]1C[C@H](n2cnc(NC(=O)C(C)(C)C)nc2=O)O[C@@H]1C(=O)O.C[C@H]1C[C@H](n2cnc(NC(=O)C(C)(C)C)nc2=O)O[C@@H]1CO. The minimum atomic E-state index is -1.07. The number of hydrogen-bond acceptors (Lipinski definition) is 30. The first-order valence-corrected chi connectivity index (χ1v) is 36.6. The van der Waals surface area contributed by atoms with Crippen molar-refractivity contribution >= 4 is 71.0 Å². The number of aliphatic hydroxyl groups excluding tert-OH is 3. The first kappa shape index (κ1) is 91.1. The van der Waals surface area contributed by atoms with Gasteiger partial charge in [0.25, 0.3) is 0 Å². The number of aromatic nitrogens is 15. The van der Waals surface area contributed by atoms with Crippen LogP contribution in [0.2, 0.25) is 0 Å². The molecule has 41 nitrogen and oxygen atoms in total. The third-order valence-electron chi connectivity index (χ3n) is 18.2. The molecular weight excluding hydrogens is 1470 g/mol. The van der Waals surface area contributed by atoms with Gasteiger partial charge in [-0.25, -0.2) is 53.7 Å². The predicted molar refractivity (Wildman–Crippen MR) is 400 cm³/mol. The van der Waals surface area contributed by atoms with Crippen LogP contribution in [0.1, 0.15) is 215 Å². The van der Waals surface area contributed by atoms with Crippen molar-refractivity contribution in [3.63, 3.8) is 0 Å². The third-order valence-corrected chi connectivity index (χ3v) is 18.2. The molecule has 0 aromatic carbocycles. The van der Waals surface area contributed by atoms with Crippen molar-refractivity contribution in [2.45, 2.75) is 252 Å². The third kappa shape index (κ3) is 24.9. The maximum absolute atomic E-state index is 12.1. The zero-order valence-electron chi connectivity index (χ0n) is 67.1. The van der Waals surface area contributed by atoms with Gasteiger partial charge >= 0.3 is 34.4 Å². The molecule has 0 spiro atoms. The molecule has 5 aliphatic rings. The zero-order valence-corrected chi connectivity index (χ0v) is 67.1. The second-order valence-electron chi connectivity index (χ2n) is 33.2. The van der Waals surface area contributed by atoms with E-state index < -0.39 is 111 Å². The van der Waals surface area contributed by atoms with E-state index >= 15 is 0 Å². The largest absolute Gasteiger partial charge is 0.479 e. The maximum atomic E-state index is 12.1. The lowest BCUT2D eigenvalue weighted by Gasteiger charge is -2.17. The van der Waals surface area contributed by atoms with Crippen molar-refractivity contribution in [2.75, 3.05) is 39.8 Å². The van der Waals surface area contributed by atoms with Crippen molar-refractivity contribution in [3.8, 4) is 0 Å². The van der Waals surface area contributed by atoms with E-state index in [0.29, 0.717) is 25.2 Å². The number of carbonyl (C=O) groups is 7. The molecular formula is C71H108N20O21. The summed E-state index contributed by atoms with van der Waals surface area (Å²) in [6, 6.07) is 0. The van der Waals surface area contributed by atoms with Crippen LogP contribution in [0.4, 0.5) is 29.7 Å². The van der Waals surface area contributed by atoms with Crippen molar-refractivity contribution in [3.05, 3.63) is 84.1 Å². The van der Waals surface area contributed by atoms with Gasteiger partial charge in [-0.15, -0.1) is 0 Å². The minimum Gasteiger partial charge on any atom is -0.479 e. The lowest BCUT2D eigenvalue weighted by Crippen LogP contribution is -2.33. The lowest BCUT2D eigenvalue weighted by atomic mass is 9.96. The highest BCUT2D eigenvalue weighted by Gasteiger charge is 2.41. The summed E-state index contributed by atoms with van der Waals surface area (Å²) < 4.78 is 34.0. The highest BCUT2D eigenvalue weighted by Crippen LogP contribution is 2.37. The van der Waals surface area contributed by atoms with Crippen LogP contribution in [0.25, 0.3) is 0 Å². The van der Waals surface area contributed by atoms with Gasteiger partial charge in [-0.05, 0) is 62.7 Å². The molecule has 0 saturated carbocycles. The van der Waals surface area contributed by atoms with Crippen LogP contribution >= 0.6 is 0 Å². The first-order chi connectivity index (χ1) is 51.8. The minimum absolute atomic E-state index is 0.0182. The van der Waals surface area contributed by atoms with Crippen molar-refractivity contribution in [1.29, 1.82) is 0 Å². The molecule has 112 heavy (non-hydrogen) atoms. The van der Waals surface area contributed by atoms with E-state index in [0.717, 1.165) is 22.0 Å². The molecule has 41 heteroatoms. The number of carboxylic acid groups (broad SMARTS) is 1. The van der Waals surface area contributed by atoms with Gasteiger partial charge in [0.1, 0.15) is 75.0 Å². The molecule has 5 saturated heterocycles. The number of anilines is 5. The fourth-order valence-corrected chi connectivity index (χ4v) is 11.1. The Kier molecular flexibility index (Phi) is 30.7. The lowest BCUT2D eigenvalue weighted by molar-refractivity contribution is -0.153. The van der Waals surface area contributed by atoms with Crippen molar-refractivity contribution in [2.24, 2.45) is 50.7 Å². The number of carboxylic acids is 1. The van der Waals surface area contributed by atoms with Crippen LogP contribution in [0.3, 0.4) is 0 Å². The zero-order chi connectivity index (χ0) is 84.2. The average Bonchev–Trinajstić information content (AvgIpc) is 1.75. The van der Waals surface area contributed by atoms with E-state index in [1.54, 1.807) is 111 Å². The Balaban J connectivity index is 0.000000218. The summed E-state index contributed by atoms with van der Waals surface area (Å²) in [7, 11) is 0. The van der Waals surface area contributed by atoms with Gasteiger partial charge < -0.3 is 44.1 Å². The number of carbonyl (C=O) groups excluding carboxylic acids is 6. The normalized spacial score (nSPS) is 24.9. The van der Waals surface area contributed by atoms with Crippen molar-refractivity contribution < 1.29 is 77.7 Å². The topological polar surface area (TPSA) is 546 Å². The summed E-state index contributed by atoms with van der Waals surface area (Å²) in [5.74, 6) is -2.43. The number of rotatable bonds is 15. The van der Waals surface area contributed by atoms with E-state index in [1.165, 1.54) is 52.3 Å². The van der Waals surface area contributed by atoms with Gasteiger partial charge in [-0.3, -0.25) is 78.2 Å². The molecule has 5 aliphatic heterocycles. The van der Waals surface area contributed by atoms with Crippen LogP contribution in [-0.4, -0.2) is 184 Å².